The minimum absolute atomic E-state index is 0.0327. The standard InChI is InChI=1S/C15H17N3O4S/c19-12-8-23-15(22)18(12)11-6-2-1-5-10(11)17-14(21)9-4-3-7-16-13(9)20/h3-4,7,10-11H,1-2,5-6,8H2,(H,16,20)(H,17,21)/t10-,11-/m1/s1. The third-order valence-electron chi connectivity index (χ3n) is 4.22. The fourth-order valence-corrected chi connectivity index (χ4v) is 3.88. The zero-order valence-electron chi connectivity index (χ0n) is 12.4. The number of rotatable bonds is 3. The molecular formula is C15H17N3O4S. The molecule has 1 aromatic heterocycles. The Labute approximate surface area is 136 Å². The molecule has 1 saturated carbocycles. The highest BCUT2D eigenvalue weighted by atomic mass is 32.2. The zero-order chi connectivity index (χ0) is 16.4. The van der Waals surface area contributed by atoms with Gasteiger partial charge in [-0.2, -0.15) is 0 Å². The maximum atomic E-state index is 12.3. The summed E-state index contributed by atoms with van der Waals surface area (Å²) >= 11 is 0.997. The number of hydrogen-bond donors (Lipinski definition) is 2. The first kappa shape index (κ1) is 15.8. The van der Waals surface area contributed by atoms with Crippen LogP contribution in [-0.4, -0.2) is 44.8 Å². The van der Waals surface area contributed by atoms with Crippen LogP contribution in [0.5, 0.6) is 0 Å². The Morgan fingerprint density at radius 2 is 2.04 bits per heavy atom. The van der Waals surface area contributed by atoms with E-state index < -0.39 is 11.5 Å². The summed E-state index contributed by atoms with van der Waals surface area (Å²) in [6.45, 7) is 0. The summed E-state index contributed by atoms with van der Waals surface area (Å²) in [7, 11) is 0. The minimum Gasteiger partial charge on any atom is -0.347 e. The second-order valence-corrected chi connectivity index (χ2v) is 6.59. The van der Waals surface area contributed by atoms with E-state index in [-0.39, 0.29) is 34.5 Å². The number of imide groups is 1. The van der Waals surface area contributed by atoms with Crippen LogP contribution in [0.25, 0.3) is 0 Å². The summed E-state index contributed by atoms with van der Waals surface area (Å²) in [5, 5.41) is 2.58. The van der Waals surface area contributed by atoms with Crippen molar-refractivity contribution in [2.75, 3.05) is 5.75 Å². The van der Waals surface area contributed by atoms with Crippen molar-refractivity contribution in [3.05, 3.63) is 34.2 Å². The molecular weight excluding hydrogens is 318 g/mol. The van der Waals surface area contributed by atoms with E-state index in [1.165, 1.54) is 17.2 Å². The highest BCUT2D eigenvalue weighted by Gasteiger charge is 2.41. The fraction of sp³-hybridized carbons (Fsp3) is 0.467. The highest BCUT2D eigenvalue weighted by Crippen LogP contribution is 2.30. The average Bonchev–Trinajstić information content (AvgIpc) is 2.87. The molecule has 2 aliphatic rings. The first-order valence-corrected chi connectivity index (χ1v) is 8.54. The summed E-state index contributed by atoms with van der Waals surface area (Å²) in [5.41, 5.74) is -0.425. The van der Waals surface area contributed by atoms with E-state index in [9.17, 15) is 19.2 Å². The van der Waals surface area contributed by atoms with Crippen LogP contribution in [-0.2, 0) is 4.79 Å². The second kappa shape index (κ2) is 6.57. The third kappa shape index (κ3) is 3.17. The molecule has 0 spiro atoms. The van der Waals surface area contributed by atoms with Crippen molar-refractivity contribution < 1.29 is 14.4 Å². The van der Waals surface area contributed by atoms with Crippen LogP contribution in [0.15, 0.2) is 23.1 Å². The summed E-state index contributed by atoms with van der Waals surface area (Å²) in [5.74, 6) is -0.520. The number of H-pyrrole nitrogens is 1. The molecule has 0 unspecified atom stereocenters. The van der Waals surface area contributed by atoms with E-state index in [1.54, 1.807) is 6.07 Å². The normalized spacial score (nSPS) is 24.8. The van der Waals surface area contributed by atoms with E-state index in [4.69, 9.17) is 0 Å². The van der Waals surface area contributed by atoms with Crippen molar-refractivity contribution in [2.45, 2.75) is 37.8 Å². The Kier molecular flexibility index (Phi) is 4.51. The number of pyridine rings is 1. The minimum atomic E-state index is -0.476. The Balaban J connectivity index is 1.78. The lowest BCUT2D eigenvalue weighted by atomic mass is 9.89. The monoisotopic (exact) mass is 335 g/mol. The quantitative estimate of drug-likeness (QED) is 0.862. The molecule has 1 saturated heterocycles. The topological polar surface area (TPSA) is 99.3 Å². The van der Waals surface area contributed by atoms with Crippen LogP contribution in [0, 0.1) is 0 Å². The predicted molar refractivity (Wildman–Crippen MR) is 85.3 cm³/mol. The molecule has 2 heterocycles. The lowest BCUT2D eigenvalue weighted by Gasteiger charge is -2.36. The number of nitrogens with zero attached hydrogens (tertiary/aromatic N) is 1. The Hall–Kier alpha value is -2.09. The van der Waals surface area contributed by atoms with Crippen LogP contribution >= 0.6 is 11.8 Å². The number of hydrogen-bond acceptors (Lipinski definition) is 5. The molecule has 3 rings (SSSR count). The maximum Gasteiger partial charge on any atom is 0.289 e. The SMILES string of the molecule is O=C(N[C@@H]1CCCC[C@H]1N1C(=O)CSC1=O)c1ccc[nH]c1=O. The molecule has 0 aromatic carbocycles. The molecule has 122 valence electrons. The van der Waals surface area contributed by atoms with E-state index in [1.807, 2.05) is 0 Å². The predicted octanol–water partition coefficient (Wildman–Crippen LogP) is 1.11. The molecule has 3 amide bonds. The lowest BCUT2D eigenvalue weighted by molar-refractivity contribution is -0.127. The van der Waals surface area contributed by atoms with Gasteiger partial charge in [0.25, 0.3) is 16.7 Å². The van der Waals surface area contributed by atoms with Gasteiger partial charge in [0.05, 0.1) is 17.8 Å². The van der Waals surface area contributed by atoms with Crippen molar-refractivity contribution in [1.82, 2.24) is 15.2 Å². The van der Waals surface area contributed by atoms with Crippen LogP contribution in [0.1, 0.15) is 36.0 Å². The van der Waals surface area contributed by atoms with Crippen molar-refractivity contribution in [3.8, 4) is 0 Å². The van der Waals surface area contributed by atoms with E-state index >= 15 is 0 Å². The van der Waals surface area contributed by atoms with Gasteiger partial charge in [-0.1, -0.05) is 24.6 Å². The second-order valence-electron chi connectivity index (χ2n) is 5.66. The number of carbonyl (C=O) groups excluding carboxylic acids is 3. The average molecular weight is 335 g/mol. The first-order chi connectivity index (χ1) is 11.1. The van der Waals surface area contributed by atoms with Crippen molar-refractivity contribution in [1.29, 1.82) is 0 Å². The number of aromatic nitrogens is 1. The van der Waals surface area contributed by atoms with E-state index in [2.05, 4.69) is 10.3 Å². The van der Waals surface area contributed by atoms with Crippen molar-refractivity contribution in [2.24, 2.45) is 0 Å². The molecule has 23 heavy (non-hydrogen) atoms. The van der Waals surface area contributed by atoms with Crippen molar-refractivity contribution >= 4 is 28.8 Å². The molecule has 1 aromatic rings. The first-order valence-electron chi connectivity index (χ1n) is 7.55. The van der Waals surface area contributed by atoms with Gasteiger partial charge >= 0.3 is 0 Å². The van der Waals surface area contributed by atoms with Crippen LogP contribution in [0.4, 0.5) is 4.79 Å². The molecule has 7 nitrogen and oxygen atoms in total. The maximum absolute atomic E-state index is 12.3. The number of nitrogens with one attached hydrogen (secondary N) is 2. The lowest BCUT2D eigenvalue weighted by Crippen LogP contribution is -2.55. The number of thioether (sulfide) groups is 1. The third-order valence-corrected chi connectivity index (χ3v) is 5.06. The van der Waals surface area contributed by atoms with Gasteiger partial charge in [0.1, 0.15) is 5.56 Å². The van der Waals surface area contributed by atoms with Gasteiger partial charge in [0.15, 0.2) is 0 Å². The summed E-state index contributed by atoms with van der Waals surface area (Å²) in [6.07, 6.45) is 4.64. The summed E-state index contributed by atoms with van der Waals surface area (Å²) < 4.78 is 0. The number of carbonyl (C=O) groups is 3. The van der Waals surface area contributed by atoms with Gasteiger partial charge < -0.3 is 10.3 Å². The summed E-state index contributed by atoms with van der Waals surface area (Å²) in [6, 6.07) is 2.39. The van der Waals surface area contributed by atoms with Gasteiger partial charge in [-0.15, -0.1) is 0 Å². The smallest absolute Gasteiger partial charge is 0.289 e. The Morgan fingerprint density at radius 1 is 1.26 bits per heavy atom. The van der Waals surface area contributed by atoms with E-state index in [0.29, 0.717) is 12.8 Å². The van der Waals surface area contributed by atoms with Gasteiger partial charge in [-0.05, 0) is 25.0 Å². The fourth-order valence-electron chi connectivity index (χ4n) is 3.12. The van der Waals surface area contributed by atoms with Crippen LogP contribution in [0.2, 0.25) is 0 Å². The summed E-state index contributed by atoms with van der Waals surface area (Å²) in [4.78, 5) is 51.7. The zero-order valence-corrected chi connectivity index (χ0v) is 13.2. The van der Waals surface area contributed by atoms with Crippen LogP contribution < -0.4 is 10.9 Å². The molecule has 2 fully saturated rings. The Morgan fingerprint density at radius 3 is 2.74 bits per heavy atom. The Bertz CT molecular complexity index is 686. The largest absolute Gasteiger partial charge is 0.347 e. The number of amides is 3. The molecule has 1 aliphatic heterocycles. The van der Waals surface area contributed by atoms with Gasteiger partial charge in [-0.25, -0.2) is 0 Å². The molecule has 0 radical (unpaired) electrons. The number of aromatic amines is 1. The molecule has 2 atom stereocenters. The van der Waals surface area contributed by atoms with Crippen LogP contribution in [0.3, 0.4) is 0 Å². The molecule has 1 aliphatic carbocycles. The molecule has 8 heteroatoms. The van der Waals surface area contributed by atoms with Gasteiger partial charge in [0, 0.05) is 6.20 Å². The van der Waals surface area contributed by atoms with E-state index in [0.717, 1.165) is 24.6 Å². The molecule has 2 N–H and O–H groups in total. The molecule has 0 bridgehead atoms. The van der Waals surface area contributed by atoms with Gasteiger partial charge in [0.2, 0.25) is 5.91 Å². The van der Waals surface area contributed by atoms with Crippen molar-refractivity contribution in [3.63, 3.8) is 0 Å². The van der Waals surface area contributed by atoms with Gasteiger partial charge in [-0.3, -0.25) is 24.1 Å². The highest BCUT2D eigenvalue weighted by molar-refractivity contribution is 8.14.